The van der Waals surface area contributed by atoms with Crippen LogP contribution in [-0.4, -0.2) is 9.97 Å². The first-order chi connectivity index (χ1) is 11.9. The maximum Gasteiger partial charge on any atom is 0.160 e. The van der Waals surface area contributed by atoms with Crippen LogP contribution in [0.15, 0.2) is 72.8 Å². The predicted octanol–water partition coefficient (Wildman–Crippen LogP) is 5.77. The first-order valence-corrected chi connectivity index (χ1v) is 8.59. The fourth-order valence-electron chi connectivity index (χ4n) is 3.16. The lowest BCUT2D eigenvalue weighted by Crippen LogP contribution is -2.00. The number of nitrogens with zero attached hydrogens (tertiary/aromatic N) is 2. The molecule has 24 heavy (non-hydrogen) atoms. The van der Waals surface area contributed by atoms with Crippen molar-refractivity contribution in [1.82, 2.24) is 9.97 Å². The highest BCUT2D eigenvalue weighted by Crippen LogP contribution is 2.30. The summed E-state index contributed by atoms with van der Waals surface area (Å²) in [6.07, 6.45) is 7.14. The molecule has 1 aromatic heterocycles. The number of rotatable bonds is 3. The Kier molecular flexibility index (Phi) is 4.20. The van der Waals surface area contributed by atoms with Gasteiger partial charge < -0.3 is 0 Å². The van der Waals surface area contributed by atoms with E-state index in [1.165, 1.54) is 18.4 Å². The fraction of sp³-hybridized carbons (Fsp3) is 0.182. The molecule has 4 rings (SSSR count). The third kappa shape index (κ3) is 3.13. The first kappa shape index (κ1) is 14.8. The van der Waals surface area contributed by atoms with Crippen molar-refractivity contribution in [2.75, 3.05) is 0 Å². The molecule has 0 amide bonds. The van der Waals surface area contributed by atoms with Crippen LogP contribution < -0.4 is 0 Å². The van der Waals surface area contributed by atoms with E-state index in [2.05, 4.69) is 48.5 Å². The Balaban J connectivity index is 1.86. The summed E-state index contributed by atoms with van der Waals surface area (Å²) in [5.41, 5.74) is 5.62. The summed E-state index contributed by atoms with van der Waals surface area (Å²) < 4.78 is 0. The van der Waals surface area contributed by atoms with Gasteiger partial charge in [0.15, 0.2) is 5.82 Å². The van der Waals surface area contributed by atoms with Crippen LogP contribution in [-0.2, 0) is 0 Å². The highest BCUT2D eigenvalue weighted by Gasteiger charge is 2.13. The minimum atomic E-state index is 0.804. The van der Waals surface area contributed by atoms with Crippen molar-refractivity contribution in [3.63, 3.8) is 0 Å². The van der Waals surface area contributed by atoms with E-state index in [1.807, 2.05) is 24.3 Å². The van der Waals surface area contributed by atoms with Crippen LogP contribution in [0, 0.1) is 0 Å². The molecule has 1 aliphatic rings. The van der Waals surface area contributed by atoms with E-state index in [4.69, 9.17) is 9.97 Å². The molecular formula is C22H20N2. The Morgan fingerprint density at radius 3 is 2.00 bits per heavy atom. The van der Waals surface area contributed by atoms with Gasteiger partial charge in [-0.2, -0.15) is 0 Å². The summed E-state index contributed by atoms with van der Waals surface area (Å²) in [6, 6.07) is 22.7. The van der Waals surface area contributed by atoms with Crippen molar-refractivity contribution in [2.45, 2.75) is 25.7 Å². The highest BCUT2D eigenvalue weighted by molar-refractivity contribution is 5.71. The van der Waals surface area contributed by atoms with Crippen LogP contribution in [0.25, 0.3) is 28.2 Å². The molecule has 2 heteroatoms. The summed E-state index contributed by atoms with van der Waals surface area (Å²) in [5, 5.41) is 0. The molecule has 0 atom stereocenters. The smallest absolute Gasteiger partial charge is 0.160 e. The Hall–Kier alpha value is -2.74. The van der Waals surface area contributed by atoms with Crippen molar-refractivity contribution in [1.29, 1.82) is 0 Å². The molecular weight excluding hydrogens is 292 g/mol. The molecule has 2 aromatic carbocycles. The average Bonchev–Trinajstić information content (AvgIpc) is 2.70. The Morgan fingerprint density at radius 1 is 0.667 bits per heavy atom. The van der Waals surface area contributed by atoms with Crippen molar-refractivity contribution >= 4 is 5.57 Å². The van der Waals surface area contributed by atoms with E-state index in [-0.39, 0.29) is 0 Å². The van der Waals surface area contributed by atoms with Gasteiger partial charge in [-0.05, 0) is 37.3 Å². The van der Waals surface area contributed by atoms with Gasteiger partial charge in [0.05, 0.1) is 11.4 Å². The molecule has 0 radical (unpaired) electrons. The Bertz CT molecular complexity index is 794. The van der Waals surface area contributed by atoms with E-state index in [1.54, 1.807) is 0 Å². The molecule has 2 nitrogen and oxygen atoms in total. The van der Waals surface area contributed by atoms with Crippen molar-refractivity contribution in [3.05, 3.63) is 78.5 Å². The molecule has 0 spiro atoms. The Morgan fingerprint density at radius 2 is 1.33 bits per heavy atom. The lowest BCUT2D eigenvalue weighted by molar-refractivity contribution is 0.739. The maximum atomic E-state index is 4.87. The zero-order valence-corrected chi connectivity index (χ0v) is 13.7. The molecule has 0 unspecified atom stereocenters. The molecule has 1 aliphatic carbocycles. The molecule has 0 bridgehead atoms. The predicted molar refractivity (Wildman–Crippen MR) is 99.3 cm³/mol. The quantitative estimate of drug-likeness (QED) is 0.613. The summed E-state index contributed by atoms with van der Waals surface area (Å²) in [4.78, 5) is 9.70. The van der Waals surface area contributed by atoms with E-state index in [9.17, 15) is 0 Å². The molecule has 0 saturated heterocycles. The minimum Gasteiger partial charge on any atom is -0.228 e. The van der Waals surface area contributed by atoms with E-state index < -0.39 is 0 Å². The Labute approximate surface area is 142 Å². The second-order valence-corrected chi connectivity index (χ2v) is 6.17. The molecule has 0 fully saturated rings. The van der Waals surface area contributed by atoms with Crippen LogP contribution in [0.1, 0.15) is 31.4 Å². The second-order valence-electron chi connectivity index (χ2n) is 6.17. The van der Waals surface area contributed by atoms with Crippen molar-refractivity contribution in [2.24, 2.45) is 0 Å². The zero-order chi connectivity index (χ0) is 16.2. The number of aromatic nitrogens is 2. The normalized spacial score (nSPS) is 14.2. The molecule has 0 saturated carbocycles. The van der Waals surface area contributed by atoms with Gasteiger partial charge >= 0.3 is 0 Å². The summed E-state index contributed by atoms with van der Waals surface area (Å²) >= 11 is 0. The molecule has 0 N–H and O–H groups in total. The lowest BCUT2D eigenvalue weighted by Gasteiger charge is -2.14. The SMILES string of the molecule is C1=C(c2cc(-c3ccccc3)nc(-c3ccccc3)n2)CCCC1. The van der Waals surface area contributed by atoms with Crippen LogP contribution in [0.4, 0.5) is 0 Å². The fourth-order valence-corrected chi connectivity index (χ4v) is 3.16. The lowest BCUT2D eigenvalue weighted by atomic mass is 9.96. The minimum absolute atomic E-state index is 0.804. The van der Waals surface area contributed by atoms with Gasteiger partial charge in [-0.1, -0.05) is 66.7 Å². The summed E-state index contributed by atoms with van der Waals surface area (Å²) in [6.45, 7) is 0. The van der Waals surface area contributed by atoms with Gasteiger partial charge in [0.2, 0.25) is 0 Å². The zero-order valence-electron chi connectivity index (χ0n) is 13.7. The summed E-state index contributed by atoms with van der Waals surface area (Å²) in [7, 11) is 0. The standard InChI is InChI=1S/C22H20N2/c1-4-10-17(11-5-1)20-16-21(18-12-6-2-7-13-18)24-22(23-20)19-14-8-3-9-15-19/h1,3-5,8-12,14-16H,2,6-7,13H2. The topological polar surface area (TPSA) is 25.8 Å². The van der Waals surface area contributed by atoms with Crippen LogP contribution in [0.5, 0.6) is 0 Å². The van der Waals surface area contributed by atoms with Crippen LogP contribution in [0.3, 0.4) is 0 Å². The molecule has 1 heterocycles. The van der Waals surface area contributed by atoms with Gasteiger partial charge in [-0.15, -0.1) is 0 Å². The van der Waals surface area contributed by atoms with Gasteiger partial charge in [-0.3, -0.25) is 0 Å². The molecule has 3 aromatic rings. The van der Waals surface area contributed by atoms with Gasteiger partial charge in [0, 0.05) is 11.1 Å². The van der Waals surface area contributed by atoms with E-state index >= 15 is 0 Å². The van der Waals surface area contributed by atoms with Crippen molar-refractivity contribution < 1.29 is 0 Å². The van der Waals surface area contributed by atoms with Gasteiger partial charge in [0.1, 0.15) is 0 Å². The molecule has 118 valence electrons. The van der Waals surface area contributed by atoms with Crippen molar-refractivity contribution in [3.8, 4) is 22.6 Å². The van der Waals surface area contributed by atoms with E-state index in [0.29, 0.717) is 0 Å². The first-order valence-electron chi connectivity index (χ1n) is 8.59. The third-order valence-corrected chi connectivity index (χ3v) is 4.45. The van der Waals surface area contributed by atoms with E-state index in [0.717, 1.165) is 41.2 Å². The van der Waals surface area contributed by atoms with Crippen LogP contribution >= 0.6 is 0 Å². The van der Waals surface area contributed by atoms with Gasteiger partial charge in [-0.25, -0.2) is 9.97 Å². The maximum absolute atomic E-state index is 4.87. The third-order valence-electron chi connectivity index (χ3n) is 4.45. The number of allylic oxidation sites excluding steroid dienone is 2. The number of hydrogen-bond acceptors (Lipinski definition) is 2. The summed E-state index contributed by atoms with van der Waals surface area (Å²) in [5.74, 6) is 0.804. The molecule has 0 aliphatic heterocycles. The monoisotopic (exact) mass is 312 g/mol. The average molecular weight is 312 g/mol. The van der Waals surface area contributed by atoms with Crippen LogP contribution in [0.2, 0.25) is 0 Å². The second kappa shape index (κ2) is 6.79. The highest BCUT2D eigenvalue weighted by atomic mass is 14.9. The van der Waals surface area contributed by atoms with Gasteiger partial charge in [0.25, 0.3) is 0 Å². The largest absolute Gasteiger partial charge is 0.228 e. The number of hydrogen-bond donors (Lipinski definition) is 0. The number of benzene rings is 2.